The number of hydrogen-bond donors (Lipinski definition) is 2. The Hall–Kier alpha value is -3.90. The van der Waals surface area contributed by atoms with Crippen molar-refractivity contribution in [2.75, 3.05) is 6.54 Å². The molecule has 1 heterocycles. The fourth-order valence-corrected chi connectivity index (χ4v) is 5.07. The van der Waals surface area contributed by atoms with E-state index in [1.54, 1.807) is 36.4 Å². The average molecular weight is 579 g/mol. The molecule has 0 aliphatic rings. The lowest BCUT2D eigenvalue weighted by Gasteiger charge is -2.12. The maximum atomic E-state index is 13.3. The summed E-state index contributed by atoms with van der Waals surface area (Å²) in [6, 6.07) is 13.8. The number of amides is 2. The highest BCUT2D eigenvalue weighted by molar-refractivity contribution is 7.90. The second kappa shape index (κ2) is 10.7. The number of benzene rings is 3. The van der Waals surface area contributed by atoms with Crippen molar-refractivity contribution in [1.82, 2.24) is 19.6 Å². The van der Waals surface area contributed by atoms with E-state index in [2.05, 4.69) is 10.3 Å². The number of hydrogen-bond acceptors (Lipinski definition) is 5. The number of urea groups is 1. The maximum Gasteiger partial charge on any atom is 0.417 e. The van der Waals surface area contributed by atoms with Crippen molar-refractivity contribution in [1.29, 1.82) is 0 Å². The topological polar surface area (TPSA) is 110 Å². The Bertz CT molecular complexity index is 1670. The molecule has 4 rings (SSSR count). The largest absolute Gasteiger partial charge is 0.417 e. The number of ketones is 1. The molecule has 0 fully saturated rings. The highest BCUT2D eigenvalue weighted by Gasteiger charge is 2.34. The fraction of sp³-hybridized carbons (Fsp3) is 0.192. The summed E-state index contributed by atoms with van der Waals surface area (Å²) in [4.78, 5) is 28.4. The van der Waals surface area contributed by atoms with Crippen molar-refractivity contribution in [2.24, 2.45) is 0 Å². The minimum atomic E-state index is -4.68. The lowest BCUT2D eigenvalue weighted by atomic mass is 10.1. The molecule has 4 aromatic rings. The smallest absolute Gasteiger partial charge is 0.337 e. The molecule has 2 amide bonds. The van der Waals surface area contributed by atoms with Crippen LogP contribution in [0.2, 0.25) is 5.02 Å². The Balaban J connectivity index is 1.47. The van der Waals surface area contributed by atoms with Gasteiger partial charge < -0.3 is 5.32 Å². The molecule has 0 saturated heterocycles. The van der Waals surface area contributed by atoms with Crippen LogP contribution in [0.15, 0.2) is 65.6 Å². The van der Waals surface area contributed by atoms with Crippen LogP contribution in [0.5, 0.6) is 0 Å². The summed E-state index contributed by atoms with van der Waals surface area (Å²) in [6.45, 7) is 3.19. The number of nitrogens with zero attached hydrogens (tertiary/aromatic N) is 2. The number of carbonyl (C=O) groups excluding carboxylic acids is 2. The van der Waals surface area contributed by atoms with Crippen LogP contribution in [0.3, 0.4) is 0 Å². The van der Waals surface area contributed by atoms with Gasteiger partial charge in [-0.1, -0.05) is 41.4 Å². The van der Waals surface area contributed by atoms with Gasteiger partial charge >= 0.3 is 12.2 Å². The second-order valence-corrected chi connectivity index (χ2v) is 10.8. The summed E-state index contributed by atoms with van der Waals surface area (Å²) in [6.07, 6.45) is -4.33. The van der Waals surface area contributed by atoms with Gasteiger partial charge in [0, 0.05) is 19.2 Å². The van der Waals surface area contributed by atoms with Gasteiger partial charge in [0.15, 0.2) is 11.6 Å². The number of Topliss-reactive ketones (excluding diaryl/α,β-unsaturated/α-hetero) is 1. The molecule has 0 aliphatic carbocycles. The first-order valence-corrected chi connectivity index (χ1v) is 13.4. The summed E-state index contributed by atoms with van der Waals surface area (Å²) in [5, 5.41) is 1.97. The number of sulfonamides is 1. The van der Waals surface area contributed by atoms with Crippen LogP contribution in [0, 0.1) is 6.92 Å². The predicted molar refractivity (Wildman–Crippen MR) is 140 cm³/mol. The molecule has 3 aromatic carbocycles. The number of rotatable bonds is 7. The monoisotopic (exact) mass is 578 g/mol. The number of halogens is 4. The number of imidazole rings is 1. The van der Waals surface area contributed by atoms with Crippen molar-refractivity contribution < 1.29 is 31.2 Å². The minimum absolute atomic E-state index is 0.0307. The molecule has 0 spiro atoms. The van der Waals surface area contributed by atoms with Gasteiger partial charge in [0.1, 0.15) is 0 Å². The van der Waals surface area contributed by atoms with Gasteiger partial charge in [-0.3, -0.25) is 9.36 Å². The zero-order chi connectivity index (χ0) is 28.5. The molecule has 0 atom stereocenters. The minimum Gasteiger partial charge on any atom is -0.337 e. The van der Waals surface area contributed by atoms with Gasteiger partial charge in [0.05, 0.1) is 26.5 Å². The first-order valence-electron chi connectivity index (χ1n) is 11.5. The highest BCUT2D eigenvalue weighted by Crippen LogP contribution is 2.37. The van der Waals surface area contributed by atoms with Gasteiger partial charge in [-0.15, -0.1) is 0 Å². The molecule has 39 heavy (non-hydrogen) atoms. The molecule has 0 aliphatic heterocycles. The van der Waals surface area contributed by atoms with Crippen molar-refractivity contribution in [2.45, 2.75) is 31.3 Å². The highest BCUT2D eigenvalue weighted by atomic mass is 35.5. The number of carbonyl (C=O) groups is 2. The predicted octanol–water partition coefficient (Wildman–Crippen LogP) is 5.44. The van der Waals surface area contributed by atoms with E-state index in [1.165, 1.54) is 23.6 Å². The Morgan fingerprint density at radius 2 is 1.67 bits per heavy atom. The third-order valence-electron chi connectivity index (χ3n) is 5.82. The van der Waals surface area contributed by atoms with E-state index in [9.17, 15) is 31.2 Å². The molecule has 0 radical (unpaired) electrons. The fourth-order valence-electron chi connectivity index (χ4n) is 3.88. The van der Waals surface area contributed by atoms with Crippen LogP contribution >= 0.6 is 11.6 Å². The quantitative estimate of drug-likeness (QED) is 0.284. The molecule has 0 saturated carbocycles. The Kier molecular flexibility index (Phi) is 7.71. The lowest BCUT2D eigenvalue weighted by Crippen LogP contribution is -2.40. The van der Waals surface area contributed by atoms with E-state index in [4.69, 9.17) is 11.6 Å². The van der Waals surface area contributed by atoms with Gasteiger partial charge in [0.25, 0.3) is 10.0 Å². The molecule has 0 bridgehead atoms. The zero-order valence-corrected chi connectivity index (χ0v) is 22.2. The van der Waals surface area contributed by atoms with Gasteiger partial charge in [-0.2, -0.15) is 13.2 Å². The van der Waals surface area contributed by atoms with Crippen LogP contribution in [0.25, 0.3) is 16.7 Å². The second-order valence-electron chi connectivity index (χ2n) is 8.74. The van der Waals surface area contributed by atoms with E-state index < -0.39 is 38.6 Å². The summed E-state index contributed by atoms with van der Waals surface area (Å²) in [5.41, 5.74) is 1.28. The SMILES string of the molecule is CC(=O)c1nc2cc(C(F)(F)F)c(Cl)cc2n1-c1ccc(CCNC(=O)NS(=O)(=O)c2ccc(C)cc2)cc1. The number of alkyl halides is 3. The first kappa shape index (κ1) is 28.1. The number of aryl methyl sites for hydroxylation is 1. The number of nitrogens with one attached hydrogen (secondary N) is 2. The van der Waals surface area contributed by atoms with Gasteiger partial charge in [-0.05, 0) is 55.3 Å². The standard InChI is InChI=1S/C26H22ClF3N4O4S/c1-15-3-9-19(10-4-15)39(37,38)33-25(36)31-12-11-17-5-7-18(8-6-17)34-23-14-21(27)20(26(28,29)30)13-22(23)32-24(34)16(2)35/h3-10,13-14H,11-12H2,1-2H3,(H2,31,33,36). The van der Waals surface area contributed by atoms with Crippen LogP contribution in [0.1, 0.15) is 34.2 Å². The van der Waals surface area contributed by atoms with Gasteiger partial charge in [0.2, 0.25) is 0 Å². The van der Waals surface area contributed by atoms with Crippen molar-refractivity contribution in [3.63, 3.8) is 0 Å². The van der Waals surface area contributed by atoms with Crippen LogP contribution in [0.4, 0.5) is 18.0 Å². The molecule has 1 aromatic heterocycles. The molecular weight excluding hydrogens is 557 g/mol. The summed E-state index contributed by atoms with van der Waals surface area (Å²) in [5.74, 6) is -0.503. The zero-order valence-electron chi connectivity index (χ0n) is 20.6. The van der Waals surface area contributed by atoms with Crippen LogP contribution in [-0.2, 0) is 22.6 Å². The average Bonchev–Trinajstić information content (AvgIpc) is 3.22. The summed E-state index contributed by atoms with van der Waals surface area (Å²) >= 11 is 5.90. The Morgan fingerprint density at radius 3 is 2.26 bits per heavy atom. The summed E-state index contributed by atoms with van der Waals surface area (Å²) < 4.78 is 67.9. The van der Waals surface area contributed by atoms with Crippen molar-refractivity contribution in [3.8, 4) is 5.69 Å². The Labute approximate surface area is 226 Å². The van der Waals surface area contributed by atoms with Gasteiger partial charge in [-0.25, -0.2) is 22.9 Å². The van der Waals surface area contributed by atoms with E-state index in [1.807, 2.05) is 11.6 Å². The van der Waals surface area contributed by atoms with Crippen molar-refractivity contribution >= 4 is 44.5 Å². The molecular formula is C26H22ClF3N4O4S. The van der Waals surface area contributed by atoms with E-state index in [0.29, 0.717) is 12.1 Å². The lowest BCUT2D eigenvalue weighted by molar-refractivity contribution is -0.137. The van der Waals surface area contributed by atoms with Crippen LogP contribution in [-0.4, -0.2) is 36.3 Å². The summed E-state index contributed by atoms with van der Waals surface area (Å²) in [7, 11) is -4.02. The Morgan fingerprint density at radius 1 is 1.03 bits per heavy atom. The first-order chi connectivity index (χ1) is 18.3. The number of fused-ring (bicyclic) bond motifs is 1. The third-order valence-corrected chi connectivity index (χ3v) is 7.48. The van der Waals surface area contributed by atoms with Crippen molar-refractivity contribution in [3.05, 3.63) is 88.2 Å². The van der Waals surface area contributed by atoms with Crippen LogP contribution < -0.4 is 10.0 Å². The maximum absolute atomic E-state index is 13.3. The number of aromatic nitrogens is 2. The molecule has 8 nitrogen and oxygen atoms in total. The third kappa shape index (κ3) is 6.23. The van der Waals surface area contributed by atoms with E-state index in [-0.39, 0.29) is 28.3 Å². The molecule has 13 heteroatoms. The normalized spacial score (nSPS) is 11.9. The molecule has 204 valence electrons. The molecule has 2 N–H and O–H groups in total. The van der Waals surface area contributed by atoms with E-state index >= 15 is 0 Å². The van der Waals surface area contributed by atoms with E-state index in [0.717, 1.165) is 23.3 Å². The molecule has 0 unspecified atom stereocenters.